The van der Waals surface area contributed by atoms with Crippen molar-refractivity contribution in [2.75, 3.05) is 0 Å². The Bertz CT molecular complexity index is 1040. The number of fused-ring (bicyclic) bond motifs is 1. The maximum atomic E-state index is 14.2. The molecule has 222 valence electrons. The van der Waals surface area contributed by atoms with E-state index in [1.165, 1.54) is 5.56 Å². The van der Waals surface area contributed by atoms with Crippen LogP contribution in [0.1, 0.15) is 105 Å². The molecule has 0 amide bonds. The second kappa shape index (κ2) is 12.9. The predicted octanol–water partition coefficient (Wildman–Crippen LogP) is 8.80. The number of rotatable bonds is 16. The first-order valence-corrected chi connectivity index (χ1v) is 15.8. The van der Waals surface area contributed by atoms with Gasteiger partial charge in [0.15, 0.2) is 5.78 Å². The molecule has 2 fully saturated rings. The van der Waals surface area contributed by atoms with Crippen molar-refractivity contribution in [2.45, 2.75) is 112 Å². The fraction of sp³-hybridized carbons (Fsp3) is 0.676. The number of carbonyl (C=O) groups excluding carboxylic acids is 2. The molecule has 0 saturated heterocycles. The van der Waals surface area contributed by atoms with Gasteiger partial charge in [-0.25, -0.2) is 0 Å². The van der Waals surface area contributed by atoms with E-state index in [1.807, 2.05) is 13.0 Å². The van der Waals surface area contributed by atoms with Crippen LogP contribution in [0.5, 0.6) is 0 Å². The quantitative estimate of drug-likeness (QED) is 0.166. The van der Waals surface area contributed by atoms with E-state index in [0.717, 1.165) is 38.5 Å². The topological polar surface area (TPSA) is 54.4 Å². The molecule has 1 N–H and O–H groups in total. The lowest BCUT2D eigenvalue weighted by atomic mass is 9.60. The number of allylic oxidation sites excluding steroid dienone is 2. The van der Waals surface area contributed by atoms with Crippen LogP contribution < -0.4 is 0 Å². The van der Waals surface area contributed by atoms with E-state index in [0.29, 0.717) is 36.7 Å². The Morgan fingerprint density at radius 2 is 1.77 bits per heavy atom. The highest BCUT2D eigenvalue weighted by molar-refractivity contribution is 5.96. The zero-order valence-electron chi connectivity index (χ0n) is 26.5. The first-order valence-electron chi connectivity index (χ1n) is 15.8. The van der Waals surface area contributed by atoms with Crippen molar-refractivity contribution < 1.29 is 14.7 Å². The summed E-state index contributed by atoms with van der Waals surface area (Å²) < 4.78 is 0. The molecule has 7 atom stereocenters. The Morgan fingerprint density at radius 3 is 2.35 bits per heavy atom. The van der Waals surface area contributed by atoms with Crippen molar-refractivity contribution in [2.24, 2.45) is 46.3 Å². The summed E-state index contributed by atoms with van der Waals surface area (Å²) in [6.07, 6.45) is 8.70. The molecule has 40 heavy (non-hydrogen) atoms. The highest BCUT2D eigenvalue weighted by Crippen LogP contribution is 2.73. The molecule has 3 heteroatoms. The molecule has 7 unspecified atom stereocenters. The molecule has 3 rings (SSSR count). The van der Waals surface area contributed by atoms with Crippen LogP contribution in [0.4, 0.5) is 0 Å². The molecule has 1 aromatic carbocycles. The average molecular weight is 549 g/mol. The molecular formula is C37H56O3. The Kier molecular flexibility index (Phi) is 10.5. The Hall–Kier alpha value is -2.00. The first kappa shape index (κ1) is 32.5. The van der Waals surface area contributed by atoms with Gasteiger partial charge in [0.1, 0.15) is 5.78 Å². The van der Waals surface area contributed by atoms with Crippen molar-refractivity contribution in [3.05, 3.63) is 60.7 Å². The van der Waals surface area contributed by atoms with Crippen LogP contribution >= 0.6 is 0 Å². The van der Waals surface area contributed by atoms with E-state index in [9.17, 15) is 14.7 Å². The van der Waals surface area contributed by atoms with Crippen LogP contribution in [0, 0.1) is 46.3 Å². The second-order valence-electron chi connectivity index (χ2n) is 14.8. The molecule has 0 aromatic heterocycles. The van der Waals surface area contributed by atoms with Gasteiger partial charge in [-0.15, -0.1) is 6.58 Å². The minimum Gasteiger partial charge on any atom is -0.390 e. The van der Waals surface area contributed by atoms with Crippen LogP contribution in [-0.2, 0) is 16.0 Å². The fourth-order valence-electron chi connectivity index (χ4n) is 8.41. The minimum absolute atomic E-state index is 0.0527. The lowest BCUT2D eigenvalue weighted by Gasteiger charge is -2.48. The second-order valence-corrected chi connectivity index (χ2v) is 14.8. The molecule has 0 radical (unpaired) electrons. The highest BCUT2D eigenvalue weighted by atomic mass is 16.3. The molecule has 2 aliphatic rings. The van der Waals surface area contributed by atoms with E-state index in [1.54, 1.807) is 6.08 Å². The zero-order valence-corrected chi connectivity index (χ0v) is 26.5. The van der Waals surface area contributed by atoms with Gasteiger partial charge in [0.25, 0.3) is 0 Å². The Balaban J connectivity index is 1.82. The van der Waals surface area contributed by atoms with Gasteiger partial charge in [-0.2, -0.15) is 0 Å². The van der Waals surface area contributed by atoms with Gasteiger partial charge in [0.05, 0.1) is 5.60 Å². The maximum absolute atomic E-state index is 14.2. The lowest BCUT2D eigenvalue weighted by molar-refractivity contribution is -0.141. The van der Waals surface area contributed by atoms with Gasteiger partial charge in [-0.1, -0.05) is 91.0 Å². The minimum atomic E-state index is -0.949. The van der Waals surface area contributed by atoms with Crippen LogP contribution in [0.25, 0.3) is 0 Å². The summed E-state index contributed by atoms with van der Waals surface area (Å²) in [5.74, 6) is 0.809. The Morgan fingerprint density at radius 1 is 1.12 bits per heavy atom. The van der Waals surface area contributed by atoms with E-state index in [4.69, 9.17) is 0 Å². The molecule has 3 nitrogen and oxygen atoms in total. The third-order valence-corrected chi connectivity index (χ3v) is 10.7. The maximum Gasteiger partial charge on any atom is 0.158 e. The van der Waals surface area contributed by atoms with Gasteiger partial charge in [-0.05, 0) is 97.0 Å². The normalized spacial score (nSPS) is 26.3. The summed E-state index contributed by atoms with van der Waals surface area (Å²) >= 11 is 0. The summed E-state index contributed by atoms with van der Waals surface area (Å²) in [6, 6.07) is 10.6. The molecule has 2 aliphatic carbocycles. The number of ketones is 2. The molecule has 2 saturated carbocycles. The van der Waals surface area contributed by atoms with Crippen LogP contribution in [0.2, 0.25) is 0 Å². The standard InChI is InChI=1S/C37H56O3/c1-10-12-21-30(38)25(3)27(17-11-2)23-31(39)33-28(24-29-34(33)36(29,7)8)37(9,40)32(35(4,5)6)22-16-20-26-18-14-13-15-19-26/h10,13-15,18-19,27-29,32-34,40H,1,3,11-12,16-17,20-24H2,2,4-9H3. The monoisotopic (exact) mass is 548 g/mol. The van der Waals surface area contributed by atoms with Crippen LogP contribution in [-0.4, -0.2) is 22.3 Å². The SMILES string of the molecule is C=CCCC(=O)C(=C)C(CCC)CC(=O)C1C2C(CC1C(C)(O)C(CCCc1ccccc1)C(C)(C)C)C2(C)C. The third kappa shape index (κ3) is 7.07. The average Bonchev–Trinajstić information content (AvgIpc) is 3.21. The molecule has 1 aromatic rings. The highest BCUT2D eigenvalue weighted by Gasteiger charge is 2.71. The van der Waals surface area contributed by atoms with E-state index >= 15 is 0 Å². The summed E-state index contributed by atoms with van der Waals surface area (Å²) in [5.41, 5.74) is 1.02. The van der Waals surface area contributed by atoms with Crippen molar-refractivity contribution >= 4 is 11.6 Å². The molecular weight excluding hydrogens is 492 g/mol. The van der Waals surface area contributed by atoms with Crippen molar-refractivity contribution in [3.63, 3.8) is 0 Å². The van der Waals surface area contributed by atoms with Crippen LogP contribution in [0.15, 0.2) is 55.1 Å². The van der Waals surface area contributed by atoms with Crippen molar-refractivity contribution in [1.82, 2.24) is 0 Å². The third-order valence-electron chi connectivity index (χ3n) is 10.7. The van der Waals surface area contributed by atoms with Gasteiger partial charge < -0.3 is 5.11 Å². The van der Waals surface area contributed by atoms with Gasteiger partial charge >= 0.3 is 0 Å². The largest absolute Gasteiger partial charge is 0.390 e. The summed E-state index contributed by atoms with van der Waals surface area (Å²) in [6.45, 7) is 23.3. The van der Waals surface area contributed by atoms with Crippen molar-refractivity contribution in [3.8, 4) is 0 Å². The van der Waals surface area contributed by atoms with Gasteiger partial charge in [-0.3, -0.25) is 9.59 Å². The van der Waals surface area contributed by atoms with E-state index < -0.39 is 5.60 Å². The number of hydrogen-bond acceptors (Lipinski definition) is 3. The lowest BCUT2D eigenvalue weighted by Crippen LogP contribution is -2.51. The summed E-state index contributed by atoms with van der Waals surface area (Å²) in [5, 5.41) is 12.4. The predicted molar refractivity (Wildman–Crippen MR) is 167 cm³/mol. The van der Waals surface area contributed by atoms with Gasteiger partial charge in [0, 0.05) is 18.8 Å². The number of aryl methyl sites for hydroxylation is 1. The Labute approximate surface area is 244 Å². The number of carbonyl (C=O) groups is 2. The van der Waals surface area contributed by atoms with Crippen molar-refractivity contribution in [1.29, 1.82) is 0 Å². The van der Waals surface area contributed by atoms with Gasteiger partial charge in [0.2, 0.25) is 0 Å². The first-order chi connectivity index (χ1) is 18.7. The molecule has 0 bridgehead atoms. The number of benzene rings is 1. The smallest absolute Gasteiger partial charge is 0.158 e. The number of Topliss-reactive ketones (excluding diaryl/α,β-unsaturated/α-hetero) is 2. The van der Waals surface area contributed by atoms with E-state index in [-0.39, 0.29) is 46.1 Å². The molecule has 0 spiro atoms. The fourth-order valence-corrected chi connectivity index (χ4v) is 8.41. The molecule has 0 heterocycles. The van der Waals surface area contributed by atoms with Crippen LogP contribution in [0.3, 0.4) is 0 Å². The molecule has 0 aliphatic heterocycles. The zero-order chi connectivity index (χ0) is 29.9. The number of hydrogen-bond donors (Lipinski definition) is 1. The summed E-state index contributed by atoms with van der Waals surface area (Å²) in [4.78, 5) is 27.1. The summed E-state index contributed by atoms with van der Waals surface area (Å²) in [7, 11) is 0. The van der Waals surface area contributed by atoms with E-state index in [2.05, 4.69) is 79.0 Å². The number of aliphatic hydroxyl groups is 1.